The molecule has 2 amide bonds. The first-order chi connectivity index (χ1) is 18.0. The minimum Gasteiger partial charge on any atom is -0.480 e. The maximum atomic E-state index is 12.8. The number of aromatic nitrogens is 2. The maximum Gasteiger partial charge on any atom is 0.326 e. The van der Waals surface area contributed by atoms with Gasteiger partial charge < -0.3 is 31.1 Å². The summed E-state index contributed by atoms with van der Waals surface area (Å²) in [7, 11) is 0. The lowest BCUT2D eigenvalue weighted by Crippen LogP contribution is -2.43. The SMILES string of the molecule is O=C(CCCCc1ccc2c(n1)NCCC2)NCCC(NC(=O)c1[nH]c2ccccc2c1CO)C(=O)O. The third-order valence-electron chi connectivity index (χ3n) is 6.60. The molecular formula is C27H33N5O5. The quantitative estimate of drug-likeness (QED) is 0.206. The number of fused-ring (bicyclic) bond motifs is 2. The van der Waals surface area contributed by atoms with Crippen molar-refractivity contribution >= 4 is 34.5 Å². The highest BCUT2D eigenvalue weighted by Crippen LogP contribution is 2.23. The monoisotopic (exact) mass is 507 g/mol. The number of aliphatic carboxylic acids is 1. The number of carbonyl (C=O) groups excluding carboxylic acids is 2. The third kappa shape index (κ3) is 6.65. The van der Waals surface area contributed by atoms with Crippen LogP contribution in [0.5, 0.6) is 0 Å². The lowest BCUT2D eigenvalue weighted by atomic mass is 10.1. The average molecular weight is 508 g/mol. The van der Waals surface area contributed by atoms with Crippen LogP contribution in [-0.4, -0.2) is 57.1 Å². The van der Waals surface area contributed by atoms with E-state index in [9.17, 15) is 24.6 Å². The highest BCUT2D eigenvalue weighted by molar-refractivity contribution is 6.02. The van der Waals surface area contributed by atoms with E-state index in [0.29, 0.717) is 29.3 Å². The van der Waals surface area contributed by atoms with Crippen molar-refractivity contribution in [2.24, 2.45) is 0 Å². The molecule has 196 valence electrons. The average Bonchev–Trinajstić information content (AvgIpc) is 3.29. The summed E-state index contributed by atoms with van der Waals surface area (Å²) in [5.74, 6) is -1.01. The third-order valence-corrected chi connectivity index (χ3v) is 6.60. The van der Waals surface area contributed by atoms with Crippen LogP contribution in [0.2, 0.25) is 0 Å². The number of hydrogen-bond donors (Lipinski definition) is 6. The van der Waals surface area contributed by atoms with Gasteiger partial charge in [0.15, 0.2) is 0 Å². The molecule has 0 bridgehead atoms. The van der Waals surface area contributed by atoms with Gasteiger partial charge in [0.25, 0.3) is 5.91 Å². The number of para-hydroxylation sites is 1. The van der Waals surface area contributed by atoms with Crippen LogP contribution in [0.25, 0.3) is 10.9 Å². The Morgan fingerprint density at radius 3 is 2.76 bits per heavy atom. The molecule has 1 aromatic carbocycles. The fraction of sp³-hybridized carbons (Fsp3) is 0.407. The molecule has 0 aliphatic carbocycles. The van der Waals surface area contributed by atoms with Crippen molar-refractivity contribution in [3.63, 3.8) is 0 Å². The number of nitrogens with zero attached hydrogens (tertiary/aromatic N) is 1. The molecule has 0 saturated heterocycles. The summed E-state index contributed by atoms with van der Waals surface area (Å²) in [4.78, 5) is 44.3. The van der Waals surface area contributed by atoms with Crippen molar-refractivity contribution in [2.75, 3.05) is 18.4 Å². The lowest BCUT2D eigenvalue weighted by molar-refractivity contribution is -0.139. The van der Waals surface area contributed by atoms with Crippen molar-refractivity contribution in [3.8, 4) is 0 Å². The number of anilines is 1. The summed E-state index contributed by atoms with van der Waals surface area (Å²) in [6.45, 7) is 0.705. The number of carboxylic acids is 1. The molecule has 1 aliphatic rings. The predicted octanol–water partition coefficient (Wildman–Crippen LogP) is 2.52. The minimum atomic E-state index is -1.20. The molecular weight excluding hydrogens is 474 g/mol. The summed E-state index contributed by atoms with van der Waals surface area (Å²) in [5.41, 5.74) is 3.47. The van der Waals surface area contributed by atoms with E-state index in [1.165, 1.54) is 5.56 Å². The molecule has 0 spiro atoms. The van der Waals surface area contributed by atoms with Gasteiger partial charge in [-0.05, 0) is 56.2 Å². The Morgan fingerprint density at radius 1 is 1.11 bits per heavy atom. The van der Waals surface area contributed by atoms with Gasteiger partial charge in [0, 0.05) is 41.7 Å². The first kappa shape index (κ1) is 26.2. The summed E-state index contributed by atoms with van der Waals surface area (Å²) < 4.78 is 0. The molecule has 10 heteroatoms. The van der Waals surface area contributed by atoms with Crippen LogP contribution in [0.1, 0.15) is 59.4 Å². The highest BCUT2D eigenvalue weighted by Gasteiger charge is 2.24. The number of aryl methyl sites for hydroxylation is 2. The molecule has 3 aromatic rings. The molecule has 6 N–H and O–H groups in total. The van der Waals surface area contributed by atoms with Crippen molar-refractivity contribution in [1.82, 2.24) is 20.6 Å². The Hall–Kier alpha value is -3.92. The zero-order valence-corrected chi connectivity index (χ0v) is 20.7. The van der Waals surface area contributed by atoms with E-state index in [4.69, 9.17) is 0 Å². The Balaban J connectivity index is 1.20. The molecule has 37 heavy (non-hydrogen) atoms. The second kappa shape index (κ2) is 12.4. The van der Waals surface area contributed by atoms with Gasteiger partial charge in [0.05, 0.1) is 6.61 Å². The van der Waals surface area contributed by atoms with Gasteiger partial charge in [0.2, 0.25) is 5.91 Å². The molecule has 0 saturated carbocycles. The topological polar surface area (TPSA) is 156 Å². The van der Waals surface area contributed by atoms with Crippen molar-refractivity contribution in [2.45, 2.75) is 57.6 Å². The molecule has 4 rings (SSSR count). The predicted molar refractivity (Wildman–Crippen MR) is 139 cm³/mol. The number of amides is 2. The number of aliphatic hydroxyl groups excluding tert-OH is 1. The van der Waals surface area contributed by atoms with Crippen LogP contribution < -0.4 is 16.0 Å². The van der Waals surface area contributed by atoms with Crippen molar-refractivity contribution < 1.29 is 24.6 Å². The van der Waals surface area contributed by atoms with E-state index in [2.05, 4.69) is 32.0 Å². The number of carboxylic acid groups (broad SMARTS) is 1. The number of benzene rings is 1. The van der Waals surface area contributed by atoms with Gasteiger partial charge in [-0.15, -0.1) is 0 Å². The van der Waals surface area contributed by atoms with E-state index in [-0.39, 0.29) is 31.2 Å². The van der Waals surface area contributed by atoms with Gasteiger partial charge in [-0.2, -0.15) is 0 Å². The number of rotatable bonds is 12. The first-order valence-electron chi connectivity index (χ1n) is 12.7. The fourth-order valence-electron chi connectivity index (χ4n) is 4.59. The Morgan fingerprint density at radius 2 is 1.95 bits per heavy atom. The van der Waals surface area contributed by atoms with Gasteiger partial charge in [0.1, 0.15) is 17.6 Å². The van der Waals surface area contributed by atoms with Crippen LogP contribution in [0.3, 0.4) is 0 Å². The maximum absolute atomic E-state index is 12.8. The number of aliphatic hydroxyl groups is 1. The Labute approximate surface area is 214 Å². The van der Waals surface area contributed by atoms with Gasteiger partial charge in [-0.25, -0.2) is 9.78 Å². The van der Waals surface area contributed by atoms with Crippen molar-refractivity contribution in [3.05, 3.63) is 58.9 Å². The molecule has 10 nitrogen and oxygen atoms in total. The van der Waals surface area contributed by atoms with Crippen LogP contribution in [0, 0.1) is 0 Å². The standard InChI is InChI=1S/C27H33N5O5/c33-16-20-19-8-2-3-9-21(19)31-24(20)26(35)32-22(27(36)37)13-15-28-23(34)10-4-1-7-18-12-11-17-6-5-14-29-25(17)30-18/h2-3,8-9,11-12,22,31,33H,1,4-7,10,13-16H2,(H,28,34)(H,29,30)(H,32,35)(H,36,37). The number of H-pyrrole nitrogens is 1. The van der Waals surface area contributed by atoms with E-state index in [0.717, 1.165) is 43.7 Å². The zero-order valence-electron chi connectivity index (χ0n) is 20.7. The number of pyridine rings is 1. The molecule has 0 radical (unpaired) electrons. The summed E-state index contributed by atoms with van der Waals surface area (Å²) in [6.07, 6.45) is 4.85. The molecule has 3 heterocycles. The van der Waals surface area contributed by atoms with Crippen LogP contribution in [0.4, 0.5) is 5.82 Å². The van der Waals surface area contributed by atoms with Crippen LogP contribution in [0.15, 0.2) is 36.4 Å². The molecule has 2 aromatic heterocycles. The number of nitrogens with one attached hydrogen (secondary N) is 4. The Kier molecular flexibility index (Phi) is 8.73. The fourth-order valence-corrected chi connectivity index (χ4v) is 4.59. The summed E-state index contributed by atoms with van der Waals surface area (Å²) in [6, 6.07) is 10.1. The van der Waals surface area contributed by atoms with Crippen LogP contribution in [-0.2, 0) is 29.0 Å². The first-order valence-corrected chi connectivity index (χ1v) is 12.7. The van der Waals surface area contributed by atoms with Gasteiger partial charge in [-0.1, -0.05) is 24.3 Å². The second-order valence-electron chi connectivity index (χ2n) is 9.23. The Bertz CT molecular complexity index is 1270. The minimum absolute atomic E-state index is 0.0353. The van der Waals surface area contributed by atoms with E-state index in [1.807, 2.05) is 6.07 Å². The molecule has 1 aliphatic heterocycles. The van der Waals surface area contributed by atoms with Crippen molar-refractivity contribution in [1.29, 1.82) is 0 Å². The molecule has 1 unspecified atom stereocenters. The van der Waals surface area contributed by atoms with E-state index < -0.39 is 17.9 Å². The molecule has 0 fully saturated rings. The number of aromatic amines is 1. The van der Waals surface area contributed by atoms with Gasteiger partial charge >= 0.3 is 5.97 Å². The summed E-state index contributed by atoms with van der Waals surface area (Å²) >= 11 is 0. The second-order valence-corrected chi connectivity index (χ2v) is 9.23. The number of hydrogen-bond acceptors (Lipinski definition) is 6. The van der Waals surface area contributed by atoms with E-state index in [1.54, 1.807) is 24.3 Å². The number of unbranched alkanes of at least 4 members (excludes halogenated alkanes) is 1. The van der Waals surface area contributed by atoms with E-state index >= 15 is 0 Å². The molecule has 1 atom stereocenters. The zero-order chi connectivity index (χ0) is 26.2. The normalized spacial score (nSPS) is 13.4. The highest BCUT2D eigenvalue weighted by atomic mass is 16.4. The number of carbonyl (C=O) groups is 3. The summed E-state index contributed by atoms with van der Waals surface area (Å²) in [5, 5.41) is 28.5. The van der Waals surface area contributed by atoms with Crippen LogP contribution >= 0.6 is 0 Å². The largest absolute Gasteiger partial charge is 0.480 e. The smallest absolute Gasteiger partial charge is 0.326 e. The lowest BCUT2D eigenvalue weighted by Gasteiger charge is -2.17. The van der Waals surface area contributed by atoms with Gasteiger partial charge in [-0.3, -0.25) is 9.59 Å².